The van der Waals surface area contributed by atoms with Crippen LogP contribution in [0.25, 0.3) is 11.1 Å². The summed E-state index contributed by atoms with van der Waals surface area (Å²) in [7, 11) is -3.23. The molecule has 0 bridgehead atoms. The first-order valence-electron chi connectivity index (χ1n) is 7.31. The fourth-order valence-electron chi connectivity index (χ4n) is 2.96. The predicted molar refractivity (Wildman–Crippen MR) is 80.9 cm³/mol. The summed E-state index contributed by atoms with van der Waals surface area (Å²) in [4.78, 5) is 4.76. The Kier molecular flexibility index (Phi) is 3.75. The van der Waals surface area contributed by atoms with Crippen LogP contribution in [0.2, 0.25) is 0 Å². The molecule has 1 aliphatic rings. The van der Waals surface area contributed by atoms with E-state index in [1.54, 1.807) is 18.2 Å². The molecule has 1 aliphatic carbocycles. The Morgan fingerprint density at radius 3 is 2.76 bits per heavy atom. The molecule has 3 rings (SSSR count). The van der Waals surface area contributed by atoms with E-state index in [1.165, 1.54) is 12.7 Å². The zero-order valence-electron chi connectivity index (χ0n) is 12.1. The van der Waals surface area contributed by atoms with Gasteiger partial charge in [-0.2, -0.15) is 0 Å². The normalized spacial score (nSPS) is 24.1. The Bertz CT molecular complexity index is 751. The van der Waals surface area contributed by atoms with Gasteiger partial charge in [0.05, 0.1) is 10.8 Å². The average molecular weight is 308 g/mol. The van der Waals surface area contributed by atoms with E-state index in [4.69, 9.17) is 10.2 Å². The number of fused-ring (bicyclic) bond motifs is 1. The van der Waals surface area contributed by atoms with E-state index < -0.39 is 9.84 Å². The second-order valence-electron chi connectivity index (χ2n) is 5.86. The van der Waals surface area contributed by atoms with Gasteiger partial charge in [-0.25, -0.2) is 13.4 Å². The summed E-state index contributed by atoms with van der Waals surface area (Å²) in [6.45, 7) is 0. The highest BCUT2D eigenvalue weighted by atomic mass is 32.2. The number of benzene rings is 1. The van der Waals surface area contributed by atoms with E-state index in [0.717, 1.165) is 25.7 Å². The molecule has 2 unspecified atom stereocenters. The van der Waals surface area contributed by atoms with Crippen molar-refractivity contribution < 1.29 is 12.8 Å². The van der Waals surface area contributed by atoms with Gasteiger partial charge in [-0.05, 0) is 31.0 Å². The SMILES string of the molecule is CS(=O)(=O)c1ccc2oc(C3CCCCCC3N)nc2c1. The highest BCUT2D eigenvalue weighted by Gasteiger charge is 2.26. The van der Waals surface area contributed by atoms with Gasteiger partial charge in [0.25, 0.3) is 0 Å². The van der Waals surface area contributed by atoms with Crippen molar-refractivity contribution in [3.63, 3.8) is 0 Å². The summed E-state index contributed by atoms with van der Waals surface area (Å²) in [6.07, 6.45) is 6.63. The Balaban J connectivity index is 2.00. The van der Waals surface area contributed by atoms with E-state index >= 15 is 0 Å². The van der Waals surface area contributed by atoms with Gasteiger partial charge in [0.15, 0.2) is 21.3 Å². The van der Waals surface area contributed by atoms with E-state index in [-0.39, 0.29) is 16.9 Å². The molecule has 2 aromatic rings. The largest absolute Gasteiger partial charge is 0.440 e. The Hall–Kier alpha value is -1.40. The lowest BCUT2D eigenvalue weighted by molar-refractivity contribution is 0.402. The molecule has 2 N–H and O–H groups in total. The molecular formula is C15H20N2O3S. The first-order valence-corrected chi connectivity index (χ1v) is 9.20. The molecule has 0 saturated heterocycles. The molecule has 5 nitrogen and oxygen atoms in total. The Labute approximate surface area is 124 Å². The maximum Gasteiger partial charge on any atom is 0.200 e. The molecule has 0 amide bonds. The molecule has 0 spiro atoms. The van der Waals surface area contributed by atoms with Gasteiger partial charge in [-0.1, -0.05) is 19.3 Å². The maximum absolute atomic E-state index is 11.6. The van der Waals surface area contributed by atoms with Crippen molar-refractivity contribution in [1.82, 2.24) is 4.98 Å². The Morgan fingerprint density at radius 1 is 1.24 bits per heavy atom. The van der Waals surface area contributed by atoms with Crippen molar-refractivity contribution in [1.29, 1.82) is 0 Å². The van der Waals surface area contributed by atoms with Crippen molar-refractivity contribution >= 4 is 20.9 Å². The van der Waals surface area contributed by atoms with Crippen LogP contribution in [0.1, 0.15) is 43.9 Å². The monoisotopic (exact) mass is 308 g/mol. The van der Waals surface area contributed by atoms with Crippen LogP contribution in [-0.4, -0.2) is 25.7 Å². The molecule has 1 heterocycles. The van der Waals surface area contributed by atoms with Crippen molar-refractivity contribution in [2.75, 3.05) is 6.26 Å². The smallest absolute Gasteiger partial charge is 0.200 e. The number of nitrogens with two attached hydrogens (primary N) is 1. The lowest BCUT2D eigenvalue weighted by Crippen LogP contribution is -2.27. The molecule has 6 heteroatoms. The molecule has 1 aromatic carbocycles. The number of hydrogen-bond donors (Lipinski definition) is 1. The van der Waals surface area contributed by atoms with Crippen LogP contribution in [0, 0.1) is 0 Å². The van der Waals surface area contributed by atoms with Gasteiger partial charge < -0.3 is 10.2 Å². The van der Waals surface area contributed by atoms with Crippen molar-refractivity contribution in [3.8, 4) is 0 Å². The summed E-state index contributed by atoms with van der Waals surface area (Å²) in [5, 5.41) is 0. The highest BCUT2D eigenvalue weighted by molar-refractivity contribution is 7.90. The standard InChI is InChI=1S/C15H20N2O3S/c1-21(18,19)10-7-8-14-13(9-10)17-15(20-14)11-5-3-2-4-6-12(11)16/h7-9,11-12H,2-6,16H2,1H3. The van der Waals surface area contributed by atoms with Gasteiger partial charge in [0.1, 0.15) is 5.52 Å². The highest BCUT2D eigenvalue weighted by Crippen LogP contribution is 2.32. The van der Waals surface area contributed by atoms with Gasteiger partial charge in [0, 0.05) is 12.3 Å². The number of sulfone groups is 1. The molecule has 114 valence electrons. The fraction of sp³-hybridized carbons (Fsp3) is 0.533. The minimum atomic E-state index is -3.23. The average Bonchev–Trinajstić information content (AvgIpc) is 2.72. The second kappa shape index (κ2) is 5.42. The molecule has 2 atom stereocenters. The molecule has 0 radical (unpaired) electrons. The lowest BCUT2D eigenvalue weighted by Gasteiger charge is -2.17. The van der Waals surface area contributed by atoms with Crippen molar-refractivity contribution in [2.24, 2.45) is 5.73 Å². The maximum atomic E-state index is 11.6. The van der Waals surface area contributed by atoms with Crippen molar-refractivity contribution in [2.45, 2.75) is 49.0 Å². The quantitative estimate of drug-likeness (QED) is 0.862. The molecule has 1 aromatic heterocycles. The third-order valence-corrected chi connectivity index (χ3v) is 5.30. The summed E-state index contributed by atoms with van der Waals surface area (Å²) in [5.74, 6) is 0.770. The number of aromatic nitrogens is 1. The van der Waals surface area contributed by atoms with E-state index in [1.807, 2.05) is 0 Å². The van der Waals surface area contributed by atoms with Gasteiger partial charge in [-0.15, -0.1) is 0 Å². The lowest BCUT2D eigenvalue weighted by atomic mass is 9.95. The van der Waals surface area contributed by atoms with E-state index in [2.05, 4.69) is 4.98 Å². The van der Waals surface area contributed by atoms with Crippen molar-refractivity contribution in [3.05, 3.63) is 24.1 Å². The first-order chi connectivity index (χ1) is 9.95. The van der Waals surface area contributed by atoms with E-state index in [0.29, 0.717) is 17.0 Å². The van der Waals surface area contributed by atoms with Crippen LogP contribution in [0.3, 0.4) is 0 Å². The van der Waals surface area contributed by atoms with Gasteiger partial charge in [0.2, 0.25) is 0 Å². The van der Waals surface area contributed by atoms with E-state index in [9.17, 15) is 8.42 Å². The molecule has 0 aliphatic heterocycles. The summed E-state index contributed by atoms with van der Waals surface area (Å²) >= 11 is 0. The Morgan fingerprint density at radius 2 is 2.00 bits per heavy atom. The van der Waals surface area contributed by atoms with Crippen LogP contribution in [0.4, 0.5) is 0 Å². The number of nitrogens with zero attached hydrogens (tertiary/aromatic N) is 1. The van der Waals surface area contributed by atoms with Crippen LogP contribution in [0.15, 0.2) is 27.5 Å². The minimum Gasteiger partial charge on any atom is -0.440 e. The minimum absolute atomic E-state index is 0.0648. The summed E-state index contributed by atoms with van der Waals surface area (Å²) in [5.41, 5.74) is 7.44. The summed E-state index contributed by atoms with van der Waals surface area (Å²) in [6, 6.07) is 4.86. The molecule has 1 fully saturated rings. The third-order valence-electron chi connectivity index (χ3n) is 4.19. The van der Waals surface area contributed by atoms with Crippen LogP contribution >= 0.6 is 0 Å². The fourth-order valence-corrected chi connectivity index (χ4v) is 3.60. The van der Waals surface area contributed by atoms with Crippen LogP contribution in [-0.2, 0) is 9.84 Å². The third kappa shape index (κ3) is 2.96. The number of oxazole rings is 1. The molecule has 21 heavy (non-hydrogen) atoms. The van der Waals surface area contributed by atoms with Gasteiger partial charge in [-0.3, -0.25) is 0 Å². The zero-order chi connectivity index (χ0) is 15.0. The molecular weight excluding hydrogens is 288 g/mol. The zero-order valence-corrected chi connectivity index (χ0v) is 12.9. The summed E-state index contributed by atoms with van der Waals surface area (Å²) < 4.78 is 29.0. The van der Waals surface area contributed by atoms with Gasteiger partial charge >= 0.3 is 0 Å². The topological polar surface area (TPSA) is 86.2 Å². The molecule has 1 saturated carbocycles. The predicted octanol–water partition coefficient (Wildman–Crippen LogP) is 2.61. The number of hydrogen-bond acceptors (Lipinski definition) is 5. The van der Waals surface area contributed by atoms with Crippen LogP contribution < -0.4 is 5.73 Å². The van der Waals surface area contributed by atoms with Crippen LogP contribution in [0.5, 0.6) is 0 Å². The second-order valence-corrected chi connectivity index (χ2v) is 7.88. The first kappa shape index (κ1) is 14.5. The number of rotatable bonds is 2.